The fraction of sp³-hybridized carbons (Fsp3) is 0.533. The summed E-state index contributed by atoms with van der Waals surface area (Å²) >= 11 is 0. The molecule has 0 aromatic heterocycles. The third kappa shape index (κ3) is 2.84. The average molecular weight is 246 g/mol. The first-order valence-electron chi connectivity index (χ1n) is 6.84. The highest BCUT2D eigenvalue weighted by molar-refractivity contribution is 6.00. The topological polar surface area (TPSA) is 46.3 Å². The summed E-state index contributed by atoms with van der Waals surface area (Å²) in [7, 11) is 0. The van der Waals surface area contributed by atoms with E-state index < -0.39 is 0 Å². The molecule has 0 saturated carbocycles. The standard InChI is InChI=1S/C15H22N2O/c1-12-8-7-9-13(16)14(12)15(18)17-10-5-3-2-4-6-11-17/h7-9H,2-6,10-11,16H2,1H3. The van der Waals surface area contributed by atoms with Crippen LogP contribution >= 0.6 is 0 Å². The lowest BCUT2D eigenvalue weighted by molar-refractivity contribution is 0.0743. The Kier molecular flexibility index (Phi) is 4.24. The molecule has 98 valence electrons. The van der Waals surface area contributed by atoms with Crippen molar-refractivity contribution < 1.29 is 4.79 Å². The second-order valence-electron chi connectivity index (χ2n) is 5.10. The van der Waals surface area contributed by atoms with Crippen molar-refractivity contribution >= 4 is 11.6 Å². The highest BCUT2D eigenvalue weighted by atomic mass is 16.2. The monoisotopic (exact) mass is 246 g/mol. The molecular weight excluding hydrogens is 224 g/mol. The molecule has 0 atom stereocenters. The Morgan fingerprint density at radius 3 is 2.33 bits per heavy atom. The Balaban J connectivity index is 2.18. The first-order valence-corrected chi connectivity index (χ1v) is 6.84. The minimum atomic E-state index is 0.104. The maximum absolute atomic E-state index is 12.6. The van der Waals surface area contributed by atoms with Crippen molar-refractivity contribution in [3.8, 4) is 0 Å². The van der Waals surface area contributed by atoms with E-state index in [2.05, 4.69) is 0 Å². The van der Waals surface area contributed by atoms with Gasteiger partial charge in [0.2, 0.25) is 0 Å². The number of nitrogen functional groups attached to an aromatic ring is 1. The Morgan fingerprint density at radius 2 is 1.72 bits per heavy atom. The van der Waals surface area contributed by atoms with Crippen LogP contribution in [0.25, 0.3) is 0 Å². The lowest BCUT2D eigenvalue weighted by atomic mass is 10.0. The molecule has 2 N–H and O–H groups in total. The summed E-state index contributed by atoms with van der Waals surface area (Å²) in [4.78, 5) is 14.5. The van der Waals surface area contributed by atoms with Gasteiger partial charge in [0.1, 0.15) is 0 Å². The molecule has 1 saturated heterocycles. The minimum Gasteiger partial charge on any atom is -0.398 e. The zero-order chi connectivity index (χ0) is 13.0. The van der Waals surface area contributed by atoms with Gasteiger partial charge in [0, 0.05) is 18.8 Å². The fourth-order valence-electron chi connectivity index (χ4n) is 2.59. The summed E-state index contributed by atoms with van der Waals surface area (Å²) in [6.07, 6.45) is 5.98. The molecule has 1 aliphatic rings. The lowest BCUT2D eigenvalue weighted by Crippen LogP contribution is -2.34. The molecule has 1 heterocycles. The third-order valence-electron chi connectivity index (χ3n) is 3.66. The number of amides is 1. The molecule has 3 heteroatoms. The van der Waals surface area contributed by atoms with Crippen LogP contribution in [0.3, 0.4) is 0 Å². The van der Waals surface area contributed by atoms with E-state index in [9.17, 15) is 4.79 Å². The maximum Gasteiger partial charge on any atom is 0.256 e. The number of hydrogen-bond acceptors (Lipinski definition) is 2. The Morgan fingerprint density at radius 1 is 1.11 bits per heavy atom. The van der Waals surface area contributed by atoms with Crippen molar-refractivity contribution in [2.45, 2.75) is 39.0 Å². The number of rotatable bonds is 1. The van der Waals surface area contributed by atoms with Crippen LogP contribution in [0.4, 0.5) is 5.69 Å². The number of carbonyl (C=O) groups excluding carboxylic acids is 1. The molecule has 0 radical (unpaired) electrons. The molecule has 2 rings (SSSR count). The Hall–Kier alpha value is -1.51. The molecule has 1 aromatic carbocycles. The van der Waals surface area contributed by atoms with E-state index in [-0.39, 0.29) is 5.91 Å². The number of benzene rings is 1. The van der Waals surface area contributed by atoms with Crippen molar-refractivity contribution in [2.75, 3.05) is 18.8 Å². The van der Waals surface area contributed by atoms with E-state index in [4.69, 9.17) is 5.73 Å². The van der Waals surface area contributed by atoms with Crippen LogP contribution in [-0.2, 0) is 0 Å². The van der Waals surface area contributed by atoms with Gasteiger partial charge in [-0.1, -0.05) is 31.4 Å². The Labute approximate surface area is 109 Å². The molecule has 18 heavy (non-hydrogen) atoms. The number of nitrogens with two attached hydrogens (primary N) is 1. The van der Waals surface area contributed by atoms with Crippen LogP contribution in [0, 0.1) is 6.92 Å². The van der Waals surface area contributed by atoms with Crippen LogP contribution in [0.1, 0.15) is 48.0 Å². The molecule has 1 fully saturated rings. The van der Waals surface area contributed by atoms with Gasteiger partial charge in [0.15, 0.2) is 0 Å². The van der Waals surface area contributed by atoms with Gasteiger partial charge < -0.3 is 10.6 Å². The van der Waals surface area contributed by atoms with Crippen LogP contribution in [0.2, 0.25) is 0 Å². The number of hydrogen-bond donors (Lipinski definition) is 1. The number of likely N-dealkylation sites (tertiary alicyclic amines) is 1. The van der Waals surface area contributed by atoms with E-state index in [0.717, 1.165) is 31.5 Å². The highest BCUT2D eigenvalue weighted by Gasteiger charge is 2.20. The fourth-order valence-corrected chi connectivity index (χ4v) is 2.59. The summed E-state index contributed by atoms with van der Waals surface area (Å²) in [5.74, 6) is 0.104. The molecule has 0 bridgehead atoms. The molecule has 0 spiro atoms. The van der Waals surface area contributed by atoms with Gasteiger partial charge in [-0.3, -0.25) is 4.79 Å². The largest absolute Gasteiger partial charge is 0.398 e. The molecular formula is C15H22N2O. The molecule has 1 aliphatic heterocycles. The number of carbonyl (C=O) groups is 1. The minimum absolute atomic E-state index is 0.104. The molecule has 1 amide bonds. The van der Waals surface area contributed by atoms with Crippen molar-refractivity contribution in [1.82, 2.24) is 4.90 Å². The smallest absolute Gasteiger partial charge is 0.256 e. The summed E-state index contributed by atoms with van der Waals surface area (Å²) in [5.41, 5.74) is 8.22. The summed E-state index contributed by atoms with van der Waals surface area (Å²) in [6.45, 7) is 3.69. The number of aryl methyl sites for hydroxylation is 1. The van der Waals surface area contributed by atoms with Crippen LogP contribution < -0.4 is 5.73 Å². The van der Waals surface area contributed by atoms with E-state index in [1.165, 1.54) is 19.3 Å². The molecule has 0 unspecified atom stereocenters. The van der Waals surface area contributed by atoms with Gasteiger partial charge in [0.25, 0.3) is 5.91 Å². The number of nitrogens with zero attached hydrogens (tertiary/aromatic N) is 1. The van der Waals surface area contributed by atoms with E-state index in [1.54, 1.807) is 0 Å². The van der Waals surface area contributed by atoms with Crippen LogP contribution in [0.15, 0.2) is 18.2 Å². The Bertz CT molecular complexity index is 400. The van der Waals surface area contributed by atoms with Crippen LogP contribution in [-0.4, -0.2) is 23.9 Å². The molecule has 0 aliphatic carbocycles. The van der Waals surface area contributed by atoms with E-state index in [1.807, 2.05) is 30.0 Å². The average Bonchev–Trinajstić information content (AvgIpc) is 2.27. The van der Waals surface area contributed by atoms with Crippen molar-refractivity contribution in [2.24, 2.45) is 0 Å². The zero-order valence-corrected chi connectivity index (χ0v) is 11.1. The van der Waals surface area contributed by atoms with Gasteiger partial charge in [-0.15, -0.1) is 0 Å². The predicted octanol–water partition coefficient (Wildman–Crippen LogP) is 2.98. The maximum atomic E-state index is 12.6. The summed E-state index contributed by atoms with van der Waals surface area (Å²) in [6, 6.07) is 5.66. The number of anilines is 1. The molecule has 3 nitrogen and oxygen atoms in total. The van der Waals surface area contributed by atoms with Crippen molar-refractivity contribution in [1.29, 1.82) is 0 Å². The zero-order valence-electron chi connectivity index (χ0n) is 11.1. The third-order valence-corrected chi connectivity index (χ3v) is 3.66. The summed E-state index contributed by atoms with van der Waals surface area (Å²) in [5, 5.41) is 0. The van der Waals surface area contributed by atoms with E-state index >= 15 is 0 Å². The SMILES string of the molecule is Cc1cccc(N)c1C(=O)N1CCCCCCC1. The van der Waals surface area contributed by atoms with Crippen LogP contribution in [0.5, 0.6) is 0 Å². The van der Waals surface area contributed by atoms with Gasteiger partial charge in [0.05, 0.1) is 5.56 Å². The second kappa shape index (κ2) is 5.89. The second-order valence-corrected chi connectivity index (χ2v) is 5.10. The van der Waals surface area contributed by atoms with Crippen molar-refractivity contribution in [3.05, 3.63) is 29.3 Å². The van der Waals surface area contributed by atoms with Crippen molar-refractivity contribution in [3.63, 3.8) is 0 Å². The van der Waals surface area contributed by atoms with Gasteiger partial charge in [-0.05, 0) is 31.4 Å². The first kappa shape index (κ1) is 12.9. The van der Waals surface area contributed by atoms with Gasteiger partial charge in [-0.2, -0.15) is 0 Å². The van der Waals surface area contributed by atoms with E-state index in [0.29, 0.717) is 11.3 Å². The molecule has 1 aromatic rings. The van der Waals surface area contributed by atoms with Gasteiger partial charge in [-0.25, -0.2) is 0 Å². The quantitative estimate of drug-likeness (QED) is 0.774. The highest BCUT2D eigenvalue weighted by Crippen LogP contribution is 2.20. The van der Waals surface area contributed by atoms with Gasteiger partial charge >= 0.3 is 0 Å². The predicted molar refractivity (Wildman–Crippen MR) is 74.6 cm³/mol. The first-order chi connectivity index (χ1) is 8.70. The normalized spacial score (nSPS) is 17.1. The summed E-state index contributed by atoms with van der Waals surface area (Å²) < 4.78 is 0. The lowest BCUT2D eigenvalue weighted by Gasteiger charge is -2.26.